The number of fused-ring (bicyclic) bond motifs is 1. The van der Waals surface area contributed by atoms with Gasteiger partial charge in [-0.05, 0) is 49.8 Å². The zero-order chi connectivity index (χ0) is 18.0. The Bertz CT molecular complexity index is 793. The van der Waals surface area contributed by atoms with Crippen LogP contribution in [0.3, 0.4) is 0 Å². The average molecular weight is 341 g/mol. The van der Waals surface area contributed by atoms with E-state index >= 15 is 0 Å². The van der Waals surface area contributed by atoms with E-state index in [1.165, 1.54) is 5.56 Å². The molecule has 1 aromatic heterocycles. The maximum Gasteiger partial charge on any atom is 0.326 e. The van der Waals surface area contributed by atoms with Gasteiger partial charge in [0.05, 0.1) is 5.69 Å². The zero-order valence-electron chi connectivity index (χ0n) is 14.6. The molecule has 25 heavy (non-hydrogen) atoms. The molecule has 0 radical (unpaired) electrons. The van der Waals surface area contributed by atoms with Crippen LogP contribution in [0.4, 0.5) is 0 Å². The molecule has 0 fully saturated rings. The lowest BCUT2D eigenvalue weighted by Crippen LogP contribution is -2.40. The third-order valence-corrected chi connectivity index (χ3v) is 4.75. The second-order valence-corrected chi connectivity index (χ2v) is 6.33. The van der Waals surface area contributed by atoms with Crippen LogP contribution < -0.4 is 5.32 Å². The van der Waals surface area contributed by atoms with Crippen LogP contribution in [0.15, 0.2) is 24.3 Å². The summed E-state index contributed by atoms with van der Waals surface area (Å²) in [4.78, 5) is 23.8. The number of hydrogen-bond acceptors (Lipinski definition) is 3. The van der Waals surface area contributed by atoms with Gasteiger partial charge in [0.1, 0.15) is 6.04 Å². The van der Waals surface area contributed by atoms with Gasteiger partial charge in [0.2, 0.25) is 0 Å². The first-order chi connectivity index (χ1) is 12.0. The van der Waals surface area contributed by atoms with Crippen molar-refractivity contribution in [2.45, 2.75) is 52.0 Å². The van der Waals surface area contributed by atoms with Crippen molar-refractivity contribution in [3.05, 3.63) is 46.8 Å². The Morgan fingerprint density at radius 2 is 1.96 bits per heavy atom. The van der Waals surface area contributed by atoms with Crippen molar-refractivity contribution in [1.29, 1.82) is 0 Å². The second-order valence-electron chi connectivity index (χ2n) is 6.33. The van der Waals surface area contributed by atoms with Crippen LogP contribution in [0.5, 0.6) is 0 Å². The number of benzene rings is 1. The van der Waals surface area contributed by atoms with Gasteiger partial charge in [0.15, 0.2) is 5.69 Å². The first kappa shape index (κ1) is 17.2. The largest absolute Gasteiger partial charge is 0.480 e. The number of carbonyl (C=O) groups is 2. The van der Waals surface area contributed by atoms with Crippen molar-refractivity contribution >= 4 is 11.9 Å². The monoisotopic (exact) mass is 341 g/mol. The van der Waals surface area contributed by atoms with E-state index in [1.807, 2.05) is 16.8 Å². The molecule has 1 unspecified atom stereocenters. The SMILES string of the molecule is CCc1ccc(-n2nc(C(=O)NC(CC)C(=O)O)c3c2CCC3)cc1. The number of amides is 1. The second kappa shape index (κ2) is 7.09. The molecule has 0 spiro atoms. The predicted molar refractivity (Wildman–Crippen MR) is 94.1 cm³/mol. The normalized spacial score (nSPS) is 14.2. The maximum absolute atomic E-state index is 12.6. The van der Waals surface area contributed by atoms with Crippen molar-refractivity contribution < 1.29 is 14.7 Å². The molecule has 1 aliphatic carbocycles. The zero-order valence-corrected chi connectivity index (χ0v) is 14.6. The highest BCUT2D eigenvalue weighted by Gasteiger charge is 2.28. The Morgan fingerprint density at radius 1 is 1.24 bits per heavy atom. The van der Waals surface area contributed by atoms with Gasteiger partial charge in [-0.1, -0.05) is 26.0 Å². The number of hydrogen-bond donors (Lipinski definition) is 2. The summed E-state index contributed by atoms with van der Waals surface area (Å²) in [5.74, 6) is -1.43. The van der Waals surface area contributed by atoms with Crippen LogP contribution in [0.1, 0.15) is 54.0 Å². The fraction of sp³-hybridized carbons (Fsp3) is 0.421. The Labute approximate surface area is 146 Å². The van der Waals surface area contributed by atoms with Crippen molar-refractivity contribution in [2.75, 3.05) is 0 Å². The molecule has 0 saturated carbocycles. The van der Waals surface area contributed by atoms with E-state index in [9.17, 15) is 9.59 Å². The molecule has 1 aliphatic rings. The van der Waals surface area contributed by atoms with Crippen LogP contribution in [0.25, 0.3) is 5.69 Å². The Hall–Kier alpha value is -2.63. The minimum Gasteiger partial charge on any atom is -0.480 e. The number of rotatable bonds is 6. The summed E-state index contributed by atoms with van der Waals surface area (Å²) in [6.07, 6.45) is 3.97. The van der Waals surface area contributed by atoms with Crippen molar-refractivity contribution in [3.8, 4) is 5.69 Å². The molecule has 3 rings (SSSR count). The highest BCUT2D eigenvalue weighted by Crippen LogP contribution is 2.28. The van der Waals surface area contributed by atoms with Crippen LogP contribution in [-0.2, 0) is 24.1 Å². The molecule has 0 aliphatic heterocycles. The number of nitrogens with zero attached hydrogens (tertiary/aromatic N) is 2. The summed E-state index contributed by atoms with van der Waals surface area (Å²) in [6, 6.07) is 7.26. The number of aliphatic carboxylic acids is 1. The summed E-state index contributed by atoms with van der Waals surface area (Å²) >= 11 is 0. The molecule has 1 amide bonds. The summed E-state index contributed by atoms with van der Waals surface area (Å²) in [5, 5.41) is 16.3. The first-order valence-corrected chi connectivity index (χ1v) is 8.78. The van der Waals surface area contributed by atoms with E-state index in [4.69, 9.17) is 5.11 Å². The Kier molecular flexibility index (Phi) is 4.88. The Balaban J connectivity index is 1.94. The van der Waals surface area contributed by atoms with E-state index in [0.29, 0.717) is 12.1 Å². The molecule has 2 N–H and O–H groups in total. The van der Waals surface area contributed by atoms with E-state index in [-0.39, 0.29) is 0 Å². The number of carboxylic acid groups (broad SMARTS) is 1. The summed E-state index contributed by atoms with van der Waals surface area (Å²) in [7, 11) is 0. The molecule has 132 valence electrons. The quantitative estimate of drug-likeness (QED) is 0.845. The van der Waals surface area contributed by atoms with Gasteiger partial charge in [0, 0.05) is 11.3 Å². The molecule has 6 nitrogen and oxygen atoms in total. The fourth-order valence-corrected chi connectivity index (χ4v) is 3.27. The van der Waals surface area contributed by atoms with Gasteiger partial charge >= 0.3 is 5.97 Å². The molecule has 6 heteroatoms. The lowest BCUT2D eigenvalue weighted by Gasteiger charge is -2.11. The van der Waals surface area contributed by atoms with E-state index in [0.717, 1.165) is 42.6 Å². The van der Waals surface area contributed by atoms with Crippen LogP contribution in [0.2, 0.25) is 0 Å². The van der Waals surface area contributed by atoms with Crippen LogP contribution >= 0.6 is 0 Å². The molecule has 0 saturated heterocycles. The smallest absolute Gasteiger partial charge is 0.326 e. The van der Waals surface area contributed by atoms with Crippen molar-refractivity contribution in [1.82, 2.24) is 15.1 Å². The maximum atomic E-state index is 12.6. The molecular formula is C19H23N3O3. The first-order valence-electron chi connectivity index (χ1n) is 8.78. The molecule has 0 bridgehead atoms. The molecule has 2 aromatic rings. The van der Waals surface area contributed by atoms with E-state index < -0.39 is 17.9 Å². The van der Waals surface area contributed by atoms with Crippen LogP contribution in [-0.4, -0.2) is 32.8 Å². The number of aryl methyl sites for hydroxylation is 1. The van der Waals surface area contributed by atoms with Crippen LogP contribution in [0, 0.1) is 0 Å². The topological polar surface area (TPSA) is 84.2 Å². The number of carboxylic acids is 1. The summed E-state index contributed by atoms with van der Waals surface area (Å²) < 4.78 is 1.83. The predicted octanol–water partition coefficient (Wildman–Crippen LogP) is 2.52. The number of carbonyl (C=O) groups excluding carboxylic acids is 1. The minimum atomic E-state index is -1.03. The van der Waals surface area contributed by atoms with Gasteiger partial charge in [-0.2, -0.15) is 5.10 Å². The third-order valence-electron chi connectivity index (χ3n) is 4.75. The van der Waals surface area contributed by atoms with Crippen molar-refractivity contribution in [2.24, 2.45) is 0 Å². The molecular weight excluding hydrogens is 318 g/mol. The van der Waals surface area contributed by atoms with Gasteiger partial charge in [-0.25, -0.2) is 9.48 Å². The summed E-state index contributed by atoms with van der Waals surface area (Å²) in [6.45, 7) is 3.84. The average Bonchev–Trinajstić information content (AvgIpc) is 3.21. The fourth-order valence-electron chi connectivity index (χ4n) is 3.27. The highest BCUT2D eigenvalue weighted by atomic mass is 16.4. The van der Waals surface area contributed by atoms with E-state index in [2.05, 4.69) is 29.5 Å². The number of aromatic nitrogens is 2. The van der Waals surface area contributed by atoms with Gasteiger partial charge < -0.3 is 10.4 Å². The van der Waals surface area contributed by atoms with Gasteiger partial charge in [-0.3, -0.25) is 4.79 Å². The summed E-state index contributed by atoms with van der Waals surface area (Å²) in [5.41, 5.74) is 4.53. The third kappa shape index (κ3) is 3.29. The lowest BCUT2D eigenvalue weighted by atomic mass is 10.1. The standard InChI is InChI=1S/C19H23N3O3/c1-3-12-8-10-13(11-9-12)22-16-7-5-6-14(16)17(21-22)18(23)20-15(4-2)19(24)25/h8-11,15H,3-7H2,1-2H3,(H,20,23)(H,24,25). The molecule has 1 atom stereocenters. The minimum absolute atomic E-state index is 0.336. The molecule has 1 aromatic carbocycles. The van der Waals surface area contributed by atoms with Crippen molar-refractivity contribution in [3.63, 3.8) is 0 Å². The molecule has 1 heterocycles. The van der Waals surface area contributed by atoms with E-state index in [1.54, 1.807) is 6.92 Å². The highest BCUT2D eigenvalue weighted by molar-refractivity contribution is 5.96. The van der Waals surface area contributed by atoms with Gasteiger partial charge in [-0.15, -0.1) is 0 Å². The Morgan fingerprint density at radius 3 is 2.56 bits per heavy atom. The lowest BCUT2D eigenvalue weighted by molar-refractivity contribution is -0.139. The number of nitrogens with one attached hydrogen (secondary N) is 1. The van der Waals surface area contributed by atoms with Gasteiger partial charge in [0.25, 0.3) is 5.91 Å².